The van der Waals surface area contributed by atoms with E-state index in [1.54, 1.807) is 10.6 Å². The molecule has 134 valence electrons. The summed E-state index contributed by atoms with van der Waals surface area (Å²) in [5.74, 6) is 0.637. The average Bonchev–Trinajstić information content (AvgIpc) is 3.42. The molecule has 2 N–H and O–H groups in total. The lowest BCUT2D eigenvalue weighted by Crippen LogP contribution is -2.35. The fourth-order valence-electron chi connectivity index (χ4n) is 2.85. The van der Waals surface area contributed by atoms with Crippen molar-refractivity contribution < 1.29 is 9.90 Å². The van der Waals surface area contributed by atoms with Gasteiger partial charge in [-0.1, -0.05) is 26.0 Å². The van der Waals surface area contributed by atoms with Crippen molar-refractivity contribution in [2.75, 3.05) is 6.54 Å². The smallest absolute Gasteiger partial charge is 0.261 e. The molecule has 25 heavy (non-hydrogen) atoms. The Balaban J connectivity index is 1.74. The first-order valence-electron chi connectivity index (χ1n) is 8.92. The molecular formula is C19H25N3O3. The number of carbonyl (C=O) groups excluding carboxylic acids is 1. The molecule has 3 rings (SSSR count). The number of aliphatic hydroxyl groups is 1. The monoisotopic (exact) mass is 343 g/mol. The zero-order chi connectivity index (χ0) is 18.0. The number of nitrogens with one attached hydrogen (secondary N) is 1. The summed E-state index contributed by atoms with van der Waals surface area (Å²) in [7, 11) is 0. The second kappa shape index (κ2) is 7.35. The lowest BCUT2D eigenvalue weighted by Gasteiger charge is -2.15. The van der Waals surface area contributed by atoms with Crippen molar-refractivity contribution in [2.45, 2.75) is 51.7 Å². The number of carbonyl (C=O) groups is 1. The summed E-state index contributed by atoms with van der Waals surface area (Å²) in [5, 5.41) is 13.1. The molecule has 1 amide bonds. The Kier molecular flexibility index (Phi) is 5.18. The van der Waals surface area contributed by atoms with Gasteiger partial charge in [-0.05, 0) is 30.9 Å². The second-order valence-electron chi connectivity index (χ2n) is 7.07. The van der Waals surface area contributed by atoms with Crippen LogP contribution in [0.2, 0.25) is 0 Å². The summed E-state index contributed by atoms with van der Waals surface area (Å²) in [4.78, 5) is 29.4. The highest BCUT2D eigenvalue weighted by atomic mass is 16.3. The van der Waals surface area contributed by atoms with E-state index in [0.29, 0.717) is 23.1 Å². The Morgan fingerprint density at radius 3 is 2.76 bits per heavy atom. The number of aromatic nitrogens is 2. The zero-order valence-corrected chi connectivity index (χ0v) is 14.7. The molecule has 6 heteroatoms. The molecule has 0 spiro atoms. The molecule has 1 fully saturated rings. The van der Waals surface area contributed by atoms with Crippen molar-refractivity contribution in [1.82, 2.24) is 14.9 Å². The van der Waals surface area contributed by atoms with E-state index in [1.165, 1.54) is 0 Å². The van der Waals surface area contributed by atoms with Gasteiger partial charge in [0.15, 0.2) is 0 Å². The van der Waals surface area contributed by atoms with E-state index in [4.69, 9.17) is 0 Å². The molecule has 0 saturated heterocycles. The third-order valence-corrected chi connectivity index (χ3v) is 4.65. The van der Waals surface area contributed by atoms with E-state index in [1.807, 2.05) is 32.0 Å². The fraction of sp³-hybridized carbons (Fsp3) is 0.526. The minimum absolute atomic E-state index is 0.0151. The predicted octanol–water partition coefficient (Wildman–Crippen LogP) is 1.80. The van der Waals surface area contributed by atoms with Gasteiger partial charge < -0.3 is 10.4 Å². The third-order valence-electron chi connectivity index (χ3n) is 4.65. The van der Waals surface area contributed by atoms with E-state index in [2.05, 4.69) is 10.3 Å². The first kappa shape index (κ1) is 17.6. The van der Waals surface area contributed by atoms with E-state index in [9.17, 15) is 14.7 Å². The molecule has 1 saturated carbocycles. The van der Waals surface area contributed by atoms with Gasteiger partial charge in [0.05, 0.1) is 17.0 Å². The highest BCUT2D eigenvalue weighted by molar-refractivity contribution is 5.78. The second-order valence-corrected chi connectivity index (χ2v) is 7.07. The van der Waals surface area contributed by atoms with Gasteiger partial charge in [0.25, 0.3) is 5.56 Å². The third kappa shape index (κ3) is 4.07. The largest absolute Gasteiger partial charge is 0.391 e. The minimum atomic E-state index is -0.549. The Hall–Kier alpha value is -2.21. The van der Waals surface area contributed by atoms with Gasteiger partial charge in [-0.15, -0.1) is 0 Å². The van der Waals surface area contributed by atoms with Gasteiger partial charge in [0.1, 0.15) is 5.82 Å². The summed E-state index contributed by atoms with van der Waals surface area (Å²) in [6.45, 7) is 4.06. The van der Waals surface area contributed by atoms with E-state index >= 15 is 0 Å². The van der Waals surface area contributed by atoms with Crippen LogP contribution in [0.25, 0.3) is 10.9 Å². The van der Waals surface area contributed by atoms with E-state index in [0.717, 1.165) is 12.8 Å². The first-order valence-corrected chi connectivity index (χ1v) is 8.92. The number of nitrogens with zero attached hydrogens (tertiary/aromatic N) is 2. The molecule has 1 aromatic heterocycles. The lowest BCUT2D eigenvalue weighted by molar-refractivity contribution is -0.121. The van der Waals surface area contributed by atoms with Crippen LogP contribution in [0.4, 0.5) is 0 Å². The maximum Gasteiger partial charge on any atom is 0.261 e. The molecule has 1 heterocycles. The Morgan fingerprint density at radius 1 is 1.36 bits per heavy atom. The summed E-state index contributed by atoms with van der Waals surface area (Å²) in [6, 6.07) is 7.55. The lowest BCUT2D eigenvalue weighted by atomic mass is 10.1. The molecule has 6 nitrogen and oxygen atoms in total. The van der Waals surface area contributed by atoms with Crippen molar-refractivity contribution in [3.8, 4) is 0 Å². The molecule has 0 radical (unpaired) electrons. The molecule has 1 atom stereocenters. The van der Waals surface area contributed by atoms with E-state index in [-0.39, 0.29) is 36.4 Å². The number of aryl methyl sites for hydroxylation is 1. The molecule has 1 aliphatic rings. The van der Waals surface area contributed by atoms with Crippen molar-refractivity contribution in [1.29, 1.82) is 0 Å². The van der Waals surface area contributed by atoms with Crippen LogP contribution >= 0.6 is 0 Å². The Labute approximate surface area is 146 Å². The molecule has 2 aromatic rings. The SMILES string of the molecule is CC(C)C(O)CNC(=O)CCc1nc2ccccc2c(=O)n1C1CC1. The van der Waals surface area contributed by atoms with E-state index < -0.39 is 6.10 Å². The maximum atomic E-state index is 12.8. The van der Waals surface area contributed by atoms with Crippen molar-refractivity contribution in [2.24, 2.45) is 5.92 Å². The highest BCUT2D eigenvalue weighted by Gasteiger charge is 2.28. The number of fused-ring (bicyclic) bond motifs is 1. The predicted molar refractivity (Wildman–Crippen MR) is 96.4 cm³/mol. The van der Waals surface area contributed by atoms with Crippen molar-refractivity contribution in [3.63, 3.8) is 0 Å². The Bertz CT molecular complexity index is 824. The maximum absolute atomic E-state index is 12.8. The number of para-hydroxylation sites is 1. The summed E-state index contributed by atoms with van der Waals surface area (Å²) < 4.78 is 1.76. The quantitative estimate of drug-likeness (QED) is 0.803. The molecular weight excluding hydrogens is 318 g/mol. The normalized spacial score (nSPS) is 15.5. The zero-order valence-electron chi connectivity index (χ0n) is 14.7. The number of hydrogen-bond acceptors (Lipinski definition) is 4. The minimum Gasteiger partial charge on any atom is -0.391 e. The number of hydrogen-bond donors (Lipinski definition) is 2. The number of amides is 1. The van der Waals surface area contributed by atoms with Crippen LogP contribution in [0.5, 0.6) is 0 Å². The molecule has 1 aliphatic carbocycles. The van der Waals surface area contributed by atoms with Crippen LogP contribution in [0.3, 0.4) is 0 Å². The summed E-state index contributed by atoms with van der Waals surface area (Å²) in [5.41, 5.74) is 0.661. The van der Waals surface area contributed by atoms with Crippen LogP contribution in [-0.2, 0) is 11.2 Å². The first-order chi connectivity index (χ1) is 12.0. The van der Waals surface area contributed by atoms with Gasteiger partial charge in [0, 0.05) is 25.4 Å². The van der Waals surface area contributed by atoms with Crippen LogP contribution in [0.1, 0.15) is 45.0 Å². The highest BCUT2D eigenvalue weighted by Crippen LogP contribution is 2.34. The van der Waals surface area contributed by atoms with Gasteiger partial charge in [-0.3, -0.25) is 14.2 Å². The van der Waals surface area contributed by atoms with Crippen molar-refractivity contribution in [3.05, 3.63) is 40.4 Å². The fourth-order valence-corrected chi connectivity index (χ4v) is 2.85. The molecule has 0 bridgehead atoms. The number of aliphatic hydroxyl groups excluding tert-OH is 1. The van der Waals surface area contributed by atoms with Crippen LogP contribution in [0, 0.1) is 5.92 Å². The number of benzene rings is 1. The van der Waals surface area contributed by atoms with Crippen LogP contribution in [0.15, 0.2) is 29.1 Å². The van der Waals surface area contributed by atoms with Gasteiger partial charge in [-0.2, -0.15) is 0 Å². The molecule has 0 aliphatic heterocycles. The Morgan fingerprint density at radius 2 is 2.08 bits per heavy atom. The molecule has 1 aromatic carbocycles. The van der Waals surface area contributed by atoms with Crippen LogP contribution in [-0.4, -0.2) is 33.2 Å². The number of rotatable bonds is 7. The topological polar surface area (TPSA) is 84.2 Å². The standard InChI is InChI=1S/C19H25N3O3/c1-12(2)16(23)11-20-18(24)10-9-17-21-15-6-4-3-5-14(15)19(25)22(17)13-7-8-13/h3-6,12-13,16,23H,7-11H2,1-2H3,(H,20,24). The van der Waals surface area contributed by atoms with Gasteiger partial charge >= 0.3 is 0 Å². The van der Waals surface area contributed by atoms with Crippen molar-refractivity contribution >= 4 is 16.8 Å². The van der Waals surface area contributed by atoms with Gasteiger partial charge in [-0.25, -0.2) is 4.98 Å². The summed E-state index contributed by atoms with van der Waals surface area (Å²) >= 11 is 0. The van der Waals surface area contributed by atoms with Crippen LogP contribution < -0.4 is 10.9 Å². The van der Waals surface area contributed by atoms with Gasteiger partial charge in [0.2, 0.25) is 5.91 Å². The average molecular weight is 343 g/mol. The molecule has 1 unspecified atom stereocenters. The summed E-state index contributed by atoms with van der Waals surface area (Å²) in [6.07, 6.45) is 2.09.